The SMILES string of the molecule is CC1CCCC(OC2OC(CO)C(O)C3OC(C(=O)O)CC4CC4OC23)C1OC1OC(C)C(O)C(O)C1O. The van der Waals surface area contributed by atoms with Gasteiger partial charge in [0.2, 0.25) is 0 Å². The van der Waals surface area contributed by atoms with Crippen molar-refractivity contribution in [2.24, 2.45) is 11.8 Å². The number of rotatable bonds is 6. The third kappa shape index (κ3) is 5.61. The molecule has 3 aliphatic heterocycles. The van der Waals surface area contributed by atoms with Crippen molar-refractivity contribution in [3.63, 3.8) is 0 Å². The van der Waals surface area contributed by atoms with Crippen LogP contribution in [0.1, 0.15) is 46.0 Å². The van der Waals surface area contributed by atoms with Gasteiger partial charge in [0.15, 0.2) is 18.7 Å². The summed E-state index contributed by atoms with van der Waals surface area (Å²) in [5.41, 5.74) is 0. The van der Waals surface area contributed by atoms with Gasteiger partial charge in [-0.05, 0) is 44.4 Å². The highest BCUT2D eigenvalue weighted by Crippen LogP contribution is 2.45. The topological polar surface area (TPSA) is 194 Å². The van der Waals surface area contributed by atoms with Gasteiger partial charge < -0.3 is 59.1 Å². The predicted octanol–water partition coefficient (Wildman–Crippen LogP) is -1.50. The van der Waals surface area contributed by atoms with E-state index in [1.165, 1.54) is 0 Å². The number of aliphatic carboxylic acids is 1. The zero-order chi connectivity index (χ0) is 27.3. The first-order chi connectivity index (χ1) is 18.1. The first-order valence-electron chi connectivity index (χ1n) is 13.6. The molecule has 38 heavy (non-hydrogen) atoms. The third-order valence-electron chi connectivity index (χ3n) is 8.59. The molecular weight excluding hydrogens is 508 g/mol. The number of carboxylic acid groups (broad SMARTS) is 1. The monoisotopic (exact) mass is 548 g/mol. The van der Waals surface area contributed by atoms with Crippen LogP contribution >= 0.6 is 0 Å². The molecule has 5 rings (SSSR count). The van der Waals surface area contributed by atoms with Crippen molar-refractivity contribution in [2.45, 2.75) is 132 Å². The second-order valence-corrected chi connectivity index (χ2v) is 11.4. The molecule has 0 aromatic heterocycles. The Morgan fingerprint density at radius 1 is 0.842 bits per heavy atom. The largest absolute Gasteiger partial charge is 0.479 e. The summed E-state index contributed by atoms with van der Waals surface area (Å²) in [6.45, 7) is 3.00. The zero-order valence-electron chi connectivity index (χ0n) is 21.5. The standard InChI is InChI=1S/C25H40O13/c1-9-4-3-5-12(20(9)38-24-19(30)18(29)16(27)10(2)33-24)36-25-22-21(17(28)15(8-26)37-25)35-14(23(31)32)7-11-6-13(11)34-22/h9-22,24-30H,3-8H2,1-2H3,(H,31,32). The summed E-state index contributed by atoms with van der Waals surface area (Å²) in [6.07, 6.45) is -11.1. The quantitative estimate of drug-likeness (QED) is 0.225. The Hall–Kier alpha value is -0.970. The minimum Gasteiger partial charge on any atom is -0.479 e. The average molecular weight is 549 g/mol. The van der Waals surface area contributed by atoms with Gasteiger partial charge >= 0.3 is 5.97 Å². The number of carbonyl (C=O) groups is 1. The molecule has 0 spiro atoms. The van der Waals surface area contributed by atoms with Gasteiger partial charge in [0.25, 0.3) is 0 Å². The van der Waals surface area contributed by atoms with Crippen molar-refractivity contribution < 1.29 is 63.9 Å². The smallest absolute Gasteiger partial charge is 0.332 e. The summed E-state index contributed by atoms with van der Waals surface area (Å²) in [7, 11) is 0. The lowest BCUT2D eigenvalue weighted by Gasteiger charge is -2.48. The van der Waals surface area contributed by atoms with Gasteiger partial charge in [-0.1, -0.05) is 13.3 Å². The second-order valence-electron chi connectivity index (χ2n) is 11.4. The predicted molar refractivity (Wildman–Crippen MR) is 125 cm³/mol. The van der Waals surface area contributed by atoms with E-state index in [0.29, 0.717) is 12.8 Å². The van der Waals surface area contributed by atoms with Crippen LogP contribution < -0.4 is 0 Å². The molecule has 3 heterocycles. The molecule has 6 N–H and O–H groups in total. The molecule has 0 bridgehead atoms. The lowest BCUT2D eigenvalue weighted by molar-refractivity contribution is -0.355. The normalized spacial score (nSPS) is 53.2. The Morgan fingerprint density at radius 2 is 1.61 bits per heavy atom. The maximum atomic E-state index is 11.8. The Kier molecular flexibility index (Phi) is 8.63. The van der Waals surface area contributed by atoms with E-state index < -0.39 is 92.3 Å². The molecular formula is C25H40O13. The number of hydrogen-bond donors (Lipinski definition) is 6. The van der Waals surface area contributed by atoms with E-state index in [1.54, 1.807) is 6.92 Å². The van der Waals surface area contributed by atoms with Crippen molar-refractivity contribution in [3.05, 3.63) is 0 Å². The number of carboxylic acids is 1. The van der Waals surface area contributed by atoms with Crippen LogP contribution in [0.5, 0.6) is 0 Å². The molecule has 218 valence electrons. The van der Waals surface area contributed by atoms with Crippen LogP contribution in [0.4, 0.5) is 0 Å². The van der Waals surface area contributed by atoms with Gasteiger partial charge in [-0.3, -0.25) is 0 Å². The number of fused-ring (bicyclic) bond motifs is 2. The number of aliphatic hydroxyl groups is 5. The van der Waals surface area contributed by atoms with Crippen molar-refractivity contribution in [1.82, 2.24) is 0 Å². The van der Waals surface area contributed by atoms with Gasteiger partial charge in [-0.25, -0.2) is 4.79 Å². The molecule has 0 amide bonds. The minimum atomic E-state index is -1.47. The molecule has 5 aliphatic rings. The fourth-order valence-electron chi connectivity index (χ4n) is 6.12. The molecule has 5 fully saturated rings. The highest BCUT2D eigenvalue weighted by molar-refractivity contribution is 5.72. The first-order valence-corrected chi connectivity index (χ1v) is 13.6. The molecule has 2 saturated carbocycles. The lowest BCUT2D eigenvalue weighted by Crippen LogP contribution is -2.64. The molecule has 16 atom stereocenters. The van der Waals surface area contributed by atoms with E-state index in [2.05, 4.69) is 0 Å². The fraction of sp³-hybridized carbons (Fsp3) is 0.960. The van der Waals surface area contributed by atoms with Crippen LogP contribution in [-0.2, 0) is 33.2 Å². The minimum absolute atomic E-state index is 0.0184. The Bertz CT molecular complexity index is 829. The first kappa shape index (κ1) is 28.6. The third-order valence-corrected chi connectivity index (χ3v) is 8.59. The van der Waals surface area contributed by atoms with Crippen molar-refractivity contribution in [1.29, 1.82) is 0 Å². The van der Waals surface area contributed by atoms with Crippen molar-refractivity contribution in [2.75, 3.05) is 6.61 Å². The van der Waals surface area contributed by atoms with E-state index >= 15 is 0 Å². The molecule has 0 radical (unpaired) electrons. The van der Waals surface area contributed by atoms with E-state index in [-0.39, 0.29) is 24.4 Å². The molecule has 13 nitrogen and oxygen atoms in total. The van der Waals surface area contributed by atoms with Gasteiger partial charge in [-0.2, -0.15) is 0 Å². The van der Waals surface area contributed by atoms with E-state index in [4.69, 9.17) is 28.4 Å². The summed E-state index contributed by atoms with van der Waals surface area (Å²) in [4.78, 5) is 11.8. The highest BCUT2D eigenvalue weighted by atomic mass is 16.7. The second kappa shape index (κ2) is 11.5. The molecule has 0 aromatic rings. The van der Waals surface area contributed by atoms with Crippen LogP contribution in [0.15, 0.2) is 0 Å². The molecule has 2 aliphatic carbocycles. The zero-order valence-corrected chi connectivity index (χ0v) is 21.5. The Morgan fingerprint density at radius 3 is 2.32 bits per heavy atom. The van der Waals surface area contributed by atoms with E-state index in [0.717, 1.165) is 12.8 Å². The Labute approximate surface area is 220 Å². The maximum absolute atomic E-state index is 11.8. The van der Waals surface area contributed by atoms with Gasteiger partial charge in [0.05, 0.1) is 31.0 Å². The van der Waals surface area contributed by atoms with Gasteiger partial charge in [0, 0.05) is 0 Å². The van der Waals surface area contributed by atoms with Crippen molar-refractivity contribution in [3.8, 4) is 0 Å². The van der Waals surface area contributed by atoms with Gasteiger partial charge in [0.1, 0.15) is 42.7 Å². The summed E-state index contributed by atoms with van der Waals surface area (Å²) >= 11 is 0. The fourth-order valence-corrected chi connectivity index (χ4v) is 6.12. The molecule has 0 aromatic carbocycles. The number of hydrogen-bond acceptors (Lipinski definition) is 12. The molecule has 13 heteroatoms. The van der Waals surface area contributed by atoms with Crippen LogP contribution in [0.2, 0.25) is 0 Å². The summed E-state index contributed by atoms with van der Waals surface area (Å²) in [5, 5.41) is 61.2. The molecule has 3 saturated heterocycles. The summed E-state index contributed by atoms with van der Waals surface area (Å²) in [5.74, 6) is -1.14. The Balaban J connectivity index is 1.35. The van der Waals surface area contributed by atoms with E-state index in [9.17, 15) is 35.4 Å². The van der Waals surface area contributed by atoms with Crippen LogP contribution in [0.3, 0.4) is 0 Å². The van der Waals surface area contributed by atoms with Crippen LogP contribution in [0.25, 0.3) is 0 Å². The van der Waals surface area contributed by atoms with Crippen LogP contribution in [-0.4, -0.2) is 129 Å². The van der Waals surface area contributed by atoms with Crippen molar-refractivity contribution >= 4 is 5.97 Å². The maximum Gasteiger partial charge on any atom is 0.332 e. The highest BCUT2D eigenvalue weighted by Gasteiger charge is 2.56. The number of ether oxygens (including phenoxy) is 6. The summed E-state index contributed by atoms with van der Waals surface area (Å²) < 4.78 is 36.2. The van der Waals surface area contributed by atoms with Gasteiger partial charge in [-0.15, -0.1) is 0 Å². The lowest BCUT2D eigenvalue weighted by atomic mass is 9.85. The average Bonchev–Trinajstić information content (AvgIpc) is 3.60. The van der Waals surface area contributed by atoms with Crippen LogP contribution in [0, 0.1) is 11.8 Å². The number of aliphatic hydroxyl groups excluding tert-OH is 5. The summed E-state index contributed by atoms with van der Waals surface area (Å²) in [6, 6.07) is 0. The van der Waals surface area contributed by atoms with E-state index in [1.807, 2.05) is 6.92 Å². The molecule has 16 unspecified atom stereocenters.